The van der Waals surface area contributed by atoms with Crippen LogP contribution in [0.2, 0.25) is 0 Å². The Bertz CT molecular complexity index is 1610. The van der Waals surface area contributed by atoms with Crippen molar-refractivity contribution in [3.05, 3.63) is 12.2 Å². The van der Waals surface area contributed by atoms with Gasteiger partial charge in [0.2, 0.25) is 0 Å². The van der Waals surface area contributed by atoms with Crippen LogP contribution in [-0.2, 0) is 42.7 Å². The largest absolute Gasteiger partial charge is 0.460 e. The molecule has 0 aromatic heterocycles. The van der Waals surface area contributed by atoms with E-state index in [0.717, 1.165) is 6.08 Å². The maximum absolute atomic E-state index is 12.6. The van der Waals surface area contributed by atoms with Crippen LogP contribution in [-0.4, -0.2) is 261 Å². The summed E-state index contributed by atoms with van der Waals surface area (Å²) in [6.07, 6.45) is -33.7. The van der Waals surface area contributed by atoms with Gasteiger partial charge in [0.1, 0.15) is 86.0 Å². The van der Waals surface area contributed by atoms with Crippen LogP contribution in [0, 0.1) is 17.8 Å². The van der Waals surface area contributed by atoms with Crippen molar-refractivity contribution >= 4 is 5.97 Å². The first-order chi connectivity index (χ1) is 31.8. The van der Waals surface area contributed by atoms with E-state index in [4.69, 9.17) is 37.9 Å². The molecular weight excluding hydrogens is 904 g/mol. The fourth-order valence-corrected chi connectivity index (χ4v) is 10.5. The lowest BCUT2D eigenvalue weighted by Crippen LogP contribution is -2.64. The summed E-state index contributed by atoms with van der Waals surface area (Å²) < 4.78 is 47.4. The van der Waals surface area contributed by atoms with Gasteiger partial charge in [0.05, 0.1) is 68.1 Å². The summed E-state index contributed by atoms with van der Waals surface area (Å²) in [6, 6.07) is 0. The number of hydrogen-bond acceptors (Lipinski definition) is 25. The van der Waals surface area contributed by atoms with Gasteiger partial charge in [0, 0.05) is 18.4 Å². The summed E-state index contributed by atoms with van der Waals surface area (Å²) in [5.41, 5.74) is 0. The Balaban J connectivity index is 1.08. The van der Waals surface area contributed by atoms with Gasteiger partial charge in [-0.3, -0.25) is 0 Å². The van der Waals surface area contributed by atoms with Crippen LogP contribution in [0.15, 0.2) is 12.2 Å². The molecule has 16 N–H and O–H groups in total. The van der Waals surface area contributed by atoms with Gasteiger partial charge in [-0.05, 0) is 56.8 Å². The normalized spacial score (nSPS) is 52.1. The molecule has 0 bridgehead atoms. The summed E-state index contributed by atoms with van der Waals surface area (Å²) in [4.78, 5) is 12.6. The van der Waals surface area contributed by atoms with E-state index in [0.29, 0.717) is 12.8 Å². The maximum Gasteiger partial charge on any atom is 0.330 e. The fraction of sp³-hybridized carbons (Fsp3) is 0.929. The fourth-order valence-electron chi connectivity index (χ4n) is 10.5. The van der Waals surface area contributed by atoms with Gasteiger partial charge >= 0.3 is 5.97 Å². The molecule has 28 atom stereocenters. The Morgan fingerprint density at radius 1 is 0.493 bits per heavy atom. The summed E-state index contributed by atoms with van der Waals surface area (Å²) in [5, 5.41) is 169. The smallest absolute Gasteiger partial charge is 0.330 e. The number of ether oxygens (including phenoxy) is 8. The predicted octanol–water partition coefficient (Wildman–Crippen LogP) is -7.77. The Hall–Kier alpha value is -1.71. The molecule has 25 heteroatoms. The molecule has 7 rings (SSSR count). The van der Waals surface area contributed by atoms with E-state index in [2.05, 4.69) is 0 Å². The summed E-state index contributed by atoms with van der Waals surface area (Å²) in [6.45, 7) is -2.14. The quantitative estimate of drug-likeness (QED) is 0.0602. The van der Waals surface area contributed by atoms with Crippen LogP contribution < -0.4 is 0 Å². The highest BCUT2D eigenvalue weighted by molar-refractivity contribution is 5.81. The molecule has 25 nitrogen and oxygen atoms in total. The van der Waals surface area contributed by atoms with Crippen molar-refractivity contribution in [1.29, 1.82) is 0 Å². The lowest BCUT2D eigenvalue weighted by Gasteiger charge is -2.53. The second kappa shape index (κ2) is 22.8. The highest BCUT2D eigenvalue weighted by atomic mass is 16.7. The second-order valence-electron chi connectivity index (χ2n) is 19.1. The minimum Gasteiger partial charge on any atom is -0.460 e. The van der Waals surface area contributed by atoms with Crippen LogP contribution in [0.1, 0.15) is 51.4 Å². The zero-order chi connectivity index (χ0) is 48.6. The molecule has 7 aliphatic rings. The summed E-state index contributed by atoms with van der Waals surface area (Å²) in [5.74, 6) is -2.61. The maximum atomic E-state index is 12.6. The van der Waals surface area contributed by atoms with E-state index >= 15 is 0 Å². The number of hydrogen-bond donors (Lipinski definition) is 16. The second-order valence-corrected chi connectivity index (χ2v) is 19.1. The molecule has 4 heterocycles. The molecule has 7 fully saturated rings. The van der Waals surface area contributed by atoms with Gasteiger partial charge < -0.3 is 120 Å². The minimum atomic E-state index is -1.87. The third-order valence-electron chi connectivity index (χ3n) is 14.5. The van der Waals surface area contributed by atoms with Gasteiger partial charge in [-0.15, -0.1) is 0 Å². The number of rotatable bonds is 13. The van der Waals surface area contributed by atoms with Crippen molar-refractivity contribution in [2.24, 2.45) is 17.8 Å². The summed E-state index contributed by atoms with van der Waals surface area (Å²) in [7, 11) is 0. The molecule has 0 spiro atoms. The summed E-state index contributed by atoms with van der Waals surface area (Å²) >= 11 is 0. The molecule has 13 unspecified atom stereocenters. The molecule has 4 saturated heterocycles. The number of fused-ring (bicyclic) bond motifs is 1. The Kier molecular flexibility index (Phi) is 18.1. The Morgan fingerprint density at radius 2 is 1.03 bits per heavy atom. The van der Waals surface area contributed by atoms with Crippen LogP contribution >= 0.6 is 0 Å². The van der Waals surface area contributed by atoms with Crippen LogP contribution in [0.5, 0.6) is 0 Å². The molecule has 3 aliphatic carbocycles. The van der Waals surface area contributed by atoms with Gasteiger partial charge in [-0.1, -0.05) is 6.08 Å². The first-order valence-electron chi connectivity index (χ1n) is 23.0. The van der Waals surface area contributed by atoms with E-state index < -0.39 is 191 Å². The molecule has 4 aliphatic heterocycles. The third kappa shape index (κ3) is 11.8. The van der Waals surface area contributed by atoms with Crippen LogP contribution in [0.25, 0.3) is 0 Å². The first-order valence-corrected chi connectivity index (χ1v) is 23.0. The van der Waals surface area contributed by atoms with Crippen LogP contribution in [0.3, 0.4) is 0 Å². The topological polar surface area (TPSA) is 415 Å². The van der Waals surface area contributed by atoms with Crippen molar-refractivity contribution in [2.75, 3.05) is 19.8 Å². The van der Waals surface area contributed by atoms with Gasteiger partial charge in [0.25, 0.3) is 0 Å². The highest BCUT2D eigenvalue weighted by Gasteiger charge is 2.56. The van der Waals surface area contributed by atoms with Gasteiger partial charge in [-0.2, -0.15) is 0 Å². The van der Waals surface area contributed by atoms with Crippen molar-refractivity contribution < 1.29 is 124 Å². The third-order valence-corrected chi connectivity index (χ3v) is 14.5. The Morgan fingerprint density at radius 3 is 1.60 bits per heavy atom. The highest BCUT2D eigenvalue weighted by Crippen LogP contribution is 2.46. The number of aliphatic hydroxyl groups is 16. The molecule has 0 aromatic carbocycles. The molecule has 67 heavy (non-hydrogen) atoms. The van der Waals surface area contributed by atoms with E-state index in [1.165, 1.54) is 6.08 Å². The van der Waals surface area contributed by atoms with E-state index in [1.807, 2.05) is 0 Å². The molecule has 0 amide bonds. The number of allylic oxidation sites excluding steroid dienone is 1. The van der Waals surface area contributed by atoms with Crippen molar-refractivity contribution in [3.63, 3.8) is 0 Å². The predicted molar refractivity (Wildman–Crippen MR) is 215 cm³/mol. The zero-order valence-corrected chi connectivity index (χ0v) is 36.4. The number of esters is 1. The van der Waals surface area contributed by atoms with Crippen molar-refractivity contribution in [3.8, 4) is 0 Å². The number of carbonyl (C=O) groups excluding carboxylic acids is 1. The number of carbonyl (C=O) groups is 1. The lowest BCUT2D eigenvalue weighted by atomic mass is 9.72. The van der Waals surface area contributed by atoms with Crippen molar-refractivity contribution in [1.82, 2.24) is 0 Å². The van der Waals surface area contributed by atoms with E-state index in [1.54, 1.807) is 0 Å². The van der Waals surface area contributed by atoms with E-state index in [9.17, 15) is 86.5 Å². The SMILES string of the molecule is O=C(C=CC1CCC(O)C(O)C1)OC[C@H]1O[C@@H](OC2CC(O)CC3OC(C4CC(O)C(O)C(O[C@@H]5O[C@H](CO)[C@@H](O)[C@H](O)[C@H]5O)C4)C(O[C@@H]4O[C@H](CO)[C@@H](O)[C@H](O)[C@H]4O)CC32)[C@H](O)[C@@H](O)[C@@H]1O. The standard InChI is InChI=1S/C42H68O25/c43-11-25-30(51)33(54)36(57)41(65-25)63-23-7-15(6-20(48)29(23)50)39-24(64-42-37(58)34(55)31(52)26(12-44)66-42)10-17-21(61-39)8-16(45)9-22(17)62-40-38(59)35(56)32(53)27(67-40)13-60-28(49)4-2-14-1-3-18(46)19(47)5-14/h2,4,14-27,29-48,50-59H,1,3,5-13H2/t14?,15?,16?,17?,18?,19?,20?,21?,22?,23?,24?,25-,26-,27-,29?,30-,31-,32-,33+,34+,35+,36-,37-,38-,39?,40-,41-,42-/m1/s1. The van der Waals surface area contributed by atoms with Crippen molar-refractivity contribution in [2.45, 2.75) is 205 Å². The average molecular weight is 973 g/mol. The minimum absolute atomic E-state index is 0.0123. The lowest BCUT2D eigenvalue weighted by molar-refractivity contribution is -0.347. The molecule has 386 valence electrons. The molecular formula is C42H68O25. The first kappa shape index (κ1) is 53.1. The van der Waals surface area contributed by atoms with Crippen LogP contribution in [0.4, 0.5) is 0 Å². The number of aliphatic hydroxyl groups excluding tert-OH is 16. The van der Waals surface area contributed by atoms with Gasteiger partial charge in [0.15, 0.2) is 18.9 Å². The monoisotopic (exact) mass is 972 g/mol. The Labute approximate surface area is 384 Å². The van der Waals surface area contributed by atoms with E-state index in [-0.39, 0.29) is 44.4 Å². The molecule has 0 radical (unpaired) electrons. The molecule has 0 aromatic rings. The average Bonchev–Trinajstić information content (AvgIpc) is 3.30. The van der Waals surface area contributed by atoms with Gasteiger partial charge in [-0.25, -0.2) is 4.79 Å². The molecule has 3 saturated carbocycles. The zero-order valence-electron chi connectivity index (χ0n) is 36.4.